The van der Waals surface area contributed by atoms with Crippen molar-refractivity contribution in [2.24, 2.45) is 0 Å². The minimum absolute atomic E-state index is 0.290. The normalized spacial score (nSPS) is 11.1. The van der Waals surface area contributed by atoms with Crippen LogP contribution in [0, 0.1) is 40.0 Å². The van der Waals surface area contributed by atoms with Crippen molar-refractivity contribution in [1.29, 1.82) is 0 Å². The molecule has 0 fully saturated rings. The van der Waals surface area contributed by atoms with Crippen molar-refractivity contribution in [3.63, 3.8) is 0 Å². The average molecular weight is 577 g/mol. The lowest BCUT2D eigenvalue weighted by Crippen LogP contribution is -2.05. The average Bonchev–Trinajstić information content (AvgIpc) is 3.49. The number of rotatable bonds is 4. The number of terminal acetylenes is 1. The molecule has 0 aliphatic rings. The molecule has 4 heteroatoms. The molecule has 0 saturated carbocycles. The van der Waals surface area contributed by atoms with E-state index in [1.165, 1.54) is 54.8 Å². The lowest BCUT2D eigenvalue weighted by molar-refractivity contribution is 0.0526. The number of aryl methyl sites for hydroxylation is 4. The van der Waals surface area contributed by atoms with E-state index in [-0.39, 0.29) is 5.97 Å². The molecule has 44 heavy (non-hydrogen) atoms. The van der Waals surface area contributed by atoms with E-state index < -0.39 is 0 Å². The monoisotopic (exact) mass is 576 g/mol. The van der Waals surface area contributed by atoms with Gasteiger partial charge in [0.2, 0.25) is 0 Å². The molecule has 0 aliphatic heterocycles. The molecule has 5 aromatic carbocycles. The van der Waals surface area contributed by atoms with E-state index in [0.29, 0.717) is 18.7 Å². The highest BCUT2D eigenvalue weighted by atomic mass is 16.5. The van der Waals surface area contributed by atoms with Crippen LogP contribution in [0.5, 0.6) is 0 Å². The first-order valence-corrected chi connectivity index (χ1v) is 15.0. The van der Waals surface area contributed by atoms with Gasteiger partial charge < -0.3 is 13.9 Å². The third kappa shape index (κ3) is 5.23. The van der Waals surface area contributed by atoms with Gasteiger partial charge in [0, 0.05) is 38.3 Å². The fourth-order valence-electron chi connectivity index (χ4n) is 6.11. The van der Waals surface area contributed by atoms with Crippen LogP contribution in [0.25, 0.3) is 49.3 Å². The van der Waals surface area contributed by atoms with E-state index in [9.17, 15) is 4.79 Å². The fraction of sp³-hybridized carbons (Fsp3) is 0.175. The predicted molar refractivity (Wildman–Crippen MR) is 184 cm³/mol. The van der Waals surface area contributed by atoms with Crippen molar-refractivity contribution >= 4 is 49.6 Å². The van der Waals surface area contributed by atoms with Gasteiger partial charge in [-0.15, -0.1) is 6.42 Å². The summed E-state index contributed by atoms with van der Waals surface area (Å²) in [4.78, 5) is 12.2. The van der Waals surface area contributed by atoms with E-state index in [4.69, 9.17) is 11.2 Å². The zero-order valence-electron chi connectivity index (χ0n) is 25.9. The summed E-state index contributed by atoms with van der Waals surface area (Å²) in [6.45, 7) is 11.3. The maximum atomic E-state index is 12.2. The molecular formula is C40H36N2O2. The SMILES string of the molecule is C#CCn1c2ccc(C)cc2c2cc(C)ccc21.CCOC(=O)c1cccc(-n2c3ccc(C)cc3c3cc(C)ccc32)c1. The van der Waals surface area contributed by atoms with Gasteiger partial charge in [0.25, 0.3) is 0 Å². The van der Waals surface area contributed by atoms with Crippen LogP contribution in [-0.4, -0.2) is 21.7 Å². The Balaban J connectivity index is 0.000000167. The van der Waals surface area contributed by atoms with Gasteiger partial charge in [0.05, 0.1) is 29.7 Å². The van der Waals surface area contributed by atoms with Gasteiger partial charge in [-0.1, -0.05) is 58.5 Å². The number of esters is 1. The van der Waals surface area contributed by atoms with Crippen molar-refractivity contribution in [2.75, 3.05) is 6.61 Å². The Morgan fingerprint density at radius 3 is 1.57 bits per heavy atom. The number of fused-ring (bicyclic) bond motifs is 6. The molecule has 0 N–H and O–H groups in total. The summed E-state index contributed by atoms with van der Waals surface area (Å²) in [5.74, 6) is 2.46. The van der Waals surface area contributed by atoms with Crippen LogP contribution in [0.3, 0.4) is 0 Å². The first-order valence-electron chi connectivity index (χ1n) is 15.0. The Labute approximate surface area is 258 Å². The van der Waals surface area contributed by atoms with E-state index in [1.54, 1.807) is 6.07 Å². The lowest BCUT2D eigenvalue weighted by Gasteiger charge is -2.10. The van der Waals surface area contributed by atoms with E-state index in [1.807, 2.05) is 25.1 Å². The Kier molecular flexibility index (Phi) is 7.72. The van der Waals surface area contributed by atoms with Crippen LogP contribution in [0.2, 0.25) is 0 Å². The lowest BCUT2D eigenvalue weighted by atomic mass is 10.1. The molecular weight excluding hydrogens is 540 g/mol. The van der Waals surface area contributed by atoms with Crippen molar-refractivity contribution in [2.45, 2.75) is 41.2 Å². The predicted octanol–water partition coefficient (Wildman–Crippen LogP) is 9.62. The van der Waals surface area contributed by atoms with E-state index in [0.717, 1.165) is 16.7 Å². The molecule has 4 nitrogen and oxygen atoms in total. The largest absolute Gasteiger partial charge is 0.462 e. The molecule has 0 spiro atoms. The number of carbonyl (C=O) groups is 1. The Bertz CT molecular complexity index is 2120. The number of aromatic nitrogens is 2. The smallest absolute Gasteiger partial charge is 0.338 e. The molecule has 218 valence electrons. The summed E-state index contributed by atoms with van der Waals surface area (Å²) < 4.78 is 9.58. The highest BCUT2D eigenvalue weighted by Gasteiger charge is 2.15. The fourth-order valence-corrected chi connectivity index (χ4v) is 6.11. The van der Waals surface area contributed by atoms with E-state index in [2.05, 4.69) is 116 Å². The summed E-state index contributed by atoms with van der Waals surface area (Å²) in [5.41, 5.74) is 11.3. The Morgan fingerprint density at radius 2 is 1.11 bits per heavy atom. The Morgan fingerprint density at radius 1 is 0.659 bits per heavy atom. The van der Waals surface area contributed by atoms with Crippen LogP contribution in [-0.2, 0) is 11.3 Å². The van der Waals surface area contributed by atoms with Crippen LogP contribution < -0.4 is 0 Å². The summed E-state index contributed by atoms with van der Waals surface area (Å²) in [6, 6.07) is 33.7. The number of benzene rings is 5. The van der Waals surface area contributed by atoms with Gasteiger partial charge in [-0.25, -0.2) is 4.79 Å². The van der Waals surface area contributed by atoms with Gasteiger partial charge in [-0.3, -0.25) is 0 Å². The van der Waals surface area contributed by atoms with E-state index >= 15 is 0 Å². The molecule has 0 saturated heterocycles. The third-order valence-corrected chi connectivity index (χ3v) is 8.12. The number of carbonyl (C=O) groups excluding carboxylic acids is 1. The standard InChI is InChI=1S/C23H21NO2.C17H15N/c1-4-26-23(25)17-6-5-7-18(14-17)24-21-10-8-15(2)12-19(21)20-13-16(3)9-11-22(20)24;1-4-9-18-16-7-5-12(2)10-14(16)15-11-13(3)6-8-17(15)18/h5-14H,4H2,1-3H3;1,5-8,10-11H,9H2,2-3H3. The van der Waals surface area contributed by atoms with Crippen LogP contribution in [0.15, 0.2) is 97.1 Å². The molecule has 0 bridgehead atoms. The highest BCUT2D eigenvalue weighted by molar-refractivity contribution is 6.10. The Hall–Kier alpha value is -5.27. The third-order valence-electron chi connectivity index (χ3n) is 8.12. The topological polar surface area (TPSA) is 36.2 Å². The van der Waals surface area contributed by atoms with Gasteiger partial charge >= 0.3 is 5.97 Å². The molecule has 2 aromatic heterocycles. The van der Waals surface area contributed by atoms with Crippen LogP contribution in [0.4, 0.5) is 0 Å². The number of hydrogen-bond donors (Lipinski definition) is 0. The quantitative estimate of drug-likeness (QED) is 0.154. The van der Waals surface area contributed by atoms with Crippen molar-refractivity contribution < 1.29 is 9.53 Å². The molecule has 7 aromatic rings. The maximum absolute atomic E-state index is 12.2. The summed E-state index contributed by atoms with van der Waals surface area (Å²) in [5, 5.41) is 5.04. The second-order valence-electron chi connectivity index (χ2n) is 11.5. The second kappa shape index (κ2) is 11.8. The molecule has 0 unspecified atom stereocenters. The van der Waals surface area contributed by atoms with Gasteiger partial charge in [-0.05, 0) is 101 Å². The summed E-state index contributed by atoms with van der Waals surface area (Å²) in [6.07, 6.45) is 5.49. The molecule has 0 aliphatic carbocycles. The van der Waals surface area contributed by atoms with Gasteiger partial charge in [0.1, 0.15) is 0 Å². The summed E-state index contributed by atoms with van der Waals surface area (Å²) >= 11 is 0. The van der Waals surface area contributed by atoms with Crippen LogP contribution >= 0.6 is 0 Å². The maximum Gasteiger partial charge on any atom is 0.338 e. The van der Waals surface area contributed by atoms with Crippen molar-refractivity contribution in [1.82, 2.24) is 9.13 Å². The molecule has 0 amide bonds. The number of hydrogen-bond acceptors (Lipinski definition) is 2. The zero-order chi connectivity index (χ0) is 31.0. The molecule has 0 atom stereocenters. The molecule has 7 rings (SSSR count). The first-order chi connectivity index (χ1) is 21.3. The van der Waals surface area contributed by atoms with Crippen molar-refractivity contribution in [3.8, 4) is 18.0 Å². The summed E-state index contributed by atoms with van der Waals surface area (Å²) in [7, 11) is 0. The zero-order valence-corrected chi connectivity index (χ0v) is 25.9. The van der Waals surface area contributed by atoms with Gasteiger partial charge in [0.15, 0.2) is 0 Å². The molecule has 0 radical (unpaired) electrons. The van der Waals surface area contributed by atoms with Gasteiger partial charge in [-0.2, -0.15) is 0 Å². The van der Waals surface area contributed by atoms with Crippen molar-refractivity contribution in [3.05, 3.63) is 125 Å². The molecule has 2 heterocycles. The first kappa shape index (κ1) is 28.8. The minimum atomic E-state index is -0.290. The van der Waals surface area contributed by atoms with Crippen LogP contribution in [0.1, 0.15) is 39.5 Å². The highest BCUT2D eigenvalue weighted by Crippen LogP contribution is 2.34. The minimum Gasteiger partial charge on any atom is -0.462 e. The number of nitrogens with zero attached hydrogens (tertiary/aromatic N) is 2. The second-order valence-corrected chi connectivity index (χ2v) is 11.5. The number of ether oxygens (including phenoxy) is 1.